The van der Waals surface area contributed by atoms with E-state index in [9.17, 15) is 0 Å². The van der Waals surface area contributed by atoms with E-state index in [1.54, 1.807) is 0 Å². The summed E-state index contributed by atoms with van der Waals surface area (Å²) >= 11 is 0. The lowest BCUT2D eigenvalue weighted by atomic mass is 10.0. The molecular formula is C7H15NO. The molecular weight excluding hydrogens is 114 g/mol. The van der Waals surface area contributed by atoms with Crippen LogP contribution in [-0.2, 0) is 4.74 Å². The van der Waals surface area contributed by atoms with E-state index in [1.165, 1.54) is 6.42 Å². The van der Waals surface area contributed by atoms with Crippen LogP contribution in [-0.4, -0.2) is 19.4 Å². The van der Waals surface area contributed by atoms with E-state index >= 15 is 0 Å². The average molecular weight is 129 g/mol. The molecule has 1 rings (SSSR count). The summed E-state index contributed by atoms with van der Waals surface area (Å²) in [5.74, 6) is 0.708. The maximum absolute atomic E-state index is 5.40. The van der Waals surface area contributed by atoms with E-state index in [-0.39, 0.29) is 0 Å². The molecule has 0 bridgehead atoms. The Morgan fingerprint density at radius 2 is 2.22 bits per heavy atom. The zero-order valence-electron chi connectivity index (χ0n) is 6.18. The van der Waals surface area contributed by atoms with Crippen LogP contribution < -0.4 is 5.32 Å². The fraction of sp³-hybridized carbons (Fsp3) is 1.00. The number of hydrogen-bond donors (Lipinski definition) is 1. The summed E-state index contributed by atoms with van der Waals surface area (Å²) in [6.07, 6.45) is 1.67. The first-order chi connectivity index (χ1) is 4.30. The van der Waals surface area contributed by atoms with Crippen molar-refractivity contribution in [2.24, 2.45) is 5.92 Å². The van der Waals surface area contributed by atoms with Gasteiger partial charge in [0.1, 0.15) is 0 Å². The molecule has 54 valence electrons. The molecule has 1 saturated heterocycles. The molecule has 1 aliphatic heterocycles. The van der Waals surface area contributed by atoms with Gasteiger partial charge in [-0.05, 0) is 25.8 Å². The van der Waals surface area contributed by atoms with E-state index in [2.05, 4.69) is 19.2 Å². The molecule has 2 nitrogen and oxygen atoms in total. The standard InChI is InChI=1S/C7H15NO/c1-6-3-4-8-5-9-7(6)2/h6-8H,3-5H2,1-2H3/t6?,7-/m0/s1. The summed E-state index contributed by atoms with van der Waals surface area (Å²) in [5.41, 5.74) is 0. The molecule has 1 unspecified atom stereocenters. The molecule has 0 aromatic heterocycles. The van der Waals surface area contributed by atoms with Gasteiger partial charge in [-0.3, -0.25) is 5.32 Å². The Hall–Kier alpha value is -0.0800. The van der Waals surface area contributed by atoms with Crippen molar-refractivity contribution < 1.29 is 4.74 Å². The van der Waals surface area contributed by atoms with Crippen LogP contribution in [0.1, 0.15) is 20.3 Å². The van der Waals surface area contributed by atoms with E-state index in [4.69, 9.17) is 4.74 Å². The van der Waals surface area contributed by atoms with Crippen molar-refractivity contribution in [2.45, 2.75) is 26.4 Å². The molecule has 0 saturated carbocycles. The zero-order chi connectivity index (χ0) is 6.69. The summed E-state index contributed by atoms with van der Waals surface area (Å²) in [7, 11) is 0. The molecule has 1 aliphatic rings. The van der Waals surface area contributed by atoms with Crippen molar-refractivity contribution in [3.8, 4) is 0 Å². The molecule has 0 aliphatic carbocycles. The van der Waals surface area contributed by atoms with Crippen LogP contribution >= 0.6 is 0 Å². The van der Waals surface area contributed by atoms with Gasteiger partial charge in [0.2, 0.25) is 0 Å². The normalized spacial score (nSPS) is 38.0. The van der Waals surface area contributed by atoms with E-state index in [0.717, 1.165) is 13.3 Å². The first kappa shape index (κ1) is 7.03. The maximum atomic E-state index is 5.40. The van der Waals surface area contributed by atoms with Crippen molar-refractivity contribution >= 4 is 0 Å². The summed E-state index contributed by atoms with van der Waals surface area (Å²) in [4.78, 5) is 0. The summed E-state index contributed by atoms with van der Waals surface area (Å²) in [6.45, 7) is 6.20. The third-order valence-electron chi connectivity index (χ3n) is 2.03. The highest BCUT2D eigenvalue weighted by Crippen LogP contribution is 2.11. The third kappa shape index (κ3) is 1.95. The highest BCUT2D eigenvalue weighted by molar-refractivity contribution is 4.64. The van der Waals surface area contributed by atoms with Crippen LogP contribution in [0.3, 0.4) is 0 Å². The zero-order valence-corrected chi connectivity index (χ0v) is 6.18. The van der Waals surface area contributed by atoms with Gasteiger partial charge in [0.05, 0.1) is 12.8 Å². The predicted octanol–water partition coefficient (Wildman–Crippen LogP) is 0.978. The molecule has 0 spiro atoms. The molecule has 9 heavy (non-hydrogen) atoms. The van der Waals surface area contributed by atoms with Crippen molar-refractivity contribution in [3.63, 3.8) is 0 Å². The van der Waals surface area contributed by atoms with Gasteiger partial charge in [-0.25, -0.2) is 0 Å². The first-order valence-corrected chi connectivity index (χ1v) is 3.63. The van der Waals surface area contributed by atoms with Crippen molar-refractivity contribution in [3.05, 3.63) is 0 Å². The van der Waals surface area contributed by atoms with Crippen LogP contribution in [0.4, 0.5) is 0 Å². The Morgan fingerprint density at radius 1 is 1.44 bits per heavy atom. The van der Waals surface area contributed by atoms with Crippen LogP contribution in [0, 0.1) is 5.92 Å². The Kier molecular flexibility index (Phi) is 2.49. The van der Waals surface area contributed by atoms with E-state index in [1.807, 2.05) is 0 Å². The predicted molar refractivity (Wildman–Crippen MR) is 37.2 cm³/mol. The number of rotatable bonds is 0. The highest BCUT2D eigenvalue weighted by Gasteiger charge is 2.14. The van der Waals surface area contributed by atoms with Crippen LogP contribution in [0.15, 0.2) is 0 Å². The Labute approximate surface area is 56.6 Å². The topological polar surface area (TPSA) is 21.3 Å². The van der Waals surface area contributed by atoms with Gasteiger partial charge >= 0.3 is 0 Å². The molecule has 1 fully saturated rings. The smallest absolute Gasteiger partial charge is 0.0969 e. The van der Waals surface area contributed by atoms with Crippen LogP contribution in [0.2, 0.25) is 0 Å². The van der Waals surface area contributed by atoms with Gasteiger partial charge in [0, 0.05) is 0 Å². The highest BCUT2D eigenvalue weighted by atomic mass is 16.5. The van der Waals surface area contributed by atoms with Gasteiger partial charge < -0.3 is 4.74 Å². The largest absolute Gasteiger partial charge is 0.363 e. The van der Waals surface area contributed by atoms with Gasteiger partial charge in [-0.1, -0.05) is 6.92 Å². The van der Waals surface area contributed by atoms with Crippen LogP contribution in [0.5, 0.6) is 0 Å². The van der Waals surface area contributed by atoms with Crippen molar-refractivity contribution in [1.82, 2.24) is 5.32 Å². The molecule has 1 heterocycles. The minimum atomic E-state index is 0.431. The fourth-order valence-corrected chi connectivity index (χ4v) is 0.991. The Balaban J connectivity index is 2.32. The van der Waals surface area contributed by atoms with E-state index in [0.29, 0.717) is 12.0 Å². The fourth-order valence-electron chi connectivity index (χ4n) is 0.991. The SMILES string of the molecule is CC1CCNCO[C@H]1C. The molecule has 0 amide bonds. The molecule has 0 aromatic rings. The maximum Gasteiger partial charge on any atom is 0.0969 e. The number of nitrogens with one attached hydrogen (secondary N) is 1. The first-order valence-electron chi connectivity index (χ1n) is 3.63. The minimum Gasteiger partial charge on any atom is -0.363 e. The summed E-state index contributed by atoms with van der Waals surface area (Å²) in [6, 6.07) is 0. The van der Waals surface area contributed by atoms with Gasteiger partial charge in [-0.15, -0.1) is 0 Å². The quantitative estimate of drug-likeness (QED) is 0.526. The van der Waals surface area contributed by atoms with Gasteiger partial charge in [0.25, 0.3) is 0 Å². The third-order valence-corrected chi connectivity index (χ3v) is 2.03. The number of ether oxygens (including phenoxy) is 1. The molecule has 0 radical (unpaired) electrons. The van der Waals surface area contributed by atoms with Gasteiger partial charge in [-0.2, -0.15) is 0 Å². The lowest BCUT2D eigenvalue weighted by Crippen LogP contribution is -2.18. The second-order valence-electron chi connectivity index (χ2n) is 2.78. The lowest BCUT2D eigenvalue weighted by Gasteiger charge is -2.14. The Bertz CT molecular complexity index is 75.0. The van der Waals surface area contributed by atoms with Crippen LogP contribution in [0.25, 0.3) is 0 Å². The van der Waals surface area contributed by atoms with Crippen molar-refractivity contribution in [1.29, 1.82) is 0 Å². The Morgan fingerprint density at radius 3 is 3.00 bits per heavy atom. The summed E-state index contributed by atoms with van der Waals surface area (Å²) in [5, 5.41) is 3.19. The second-order valence-corrected chi connectivity index (χ2v) is 2.78. The summed E-state index contributed by atoms with van der Waals surface area (Å²) < 4.78 is 5.40. The second kappa shape index (κ2) is 3.18. The molecule has 1 N–H and O–H groups in total. The van der Waals surface area contributed by atoms with E-state index < -0.39 is 0 Å². The van der Waals surface area contributed by atoms with Crippen molar-refractivity contribution in [2.75, 3.05) is 13.3 Å². The van der Waals surface area contributed by atoms with Gasteiger partial charge in [0.15, 0.2) is 0 Å². The minimum absolute atomic E-state index is 0.431. The molecule has 0 aromatic carbocycles. The number of hydrogen-bond acceptors (Lipinski definition) is 2. The molecule has 2 heteroatoms. The monoisotopic (exact) mass is 129 g/mol. The molecule has 2 atom stereocenters. The lowest BCUT2D eigenvalue weighted by molar-refractivity contribution is 0.0368. The average Bonchev–Trinajstić information content (AvgIpc) is 1.99.